The number of benzene rings is 1. The minimum Gasteiger partial charge on any atom is -0.399 e. The van der Waals surface area contributed by atoms with E-state index in [9.17, 15) is 0 Å². The lowest BCUT2D eigenvalue weighted by molar-refractivity contribution is -0.169. The molecule has 0 aromatic heterocycles. The zero-order chi connectivity index (χ0) is 17.7. The summed E-state index contributed by atoms with van der Waals surface area (Å²) < 4.78 is 24.0. The van der Waals surface area contributed by atoms with Crippen LogP contribution in [0.2, 0.25) is 0 Å². The van der Waals surface area contributed by atoms with Crippen molar-refractivity contribution in [2.24, 2.45) is 0 Å². The van der Waals surface area contributed by atoms with E-state index in [1.54, 1.807) is 0 Å². The second-order valence-electron chi connectivity index (χ2n) is 8.28. The Morgan fingerprint density at radius 1 is 0.920 bits per heavy atom. The second kappa shape index (κ2) is 5.98. The van der Waals surface area contributed by atoms with Crippen LogP contribution in [-0.2, 0) is 18.8 Å². The van der Waals surface area contributed by atoms with Gasteiger partial charge in [0.2, 0.25) is 0 Å². The van der Waals surface area contributed by atoms with Gasteiger partial charge in [-0.1, -0.05) is 12.1 Å². The number of nitrogens with zero attached hydrogens (tertiary/aromatic N) is 1. The maximum Gasteiger partial charge on any atom is 0.494 e. The van der Waals surface area contributed by atoms with E-state index in [0.717, 1.165) is 44.6 Å². The van der Waals surface area contributed by atoms with Crippen molar-refractivity contribution in [3.05, 3.63) is 24.3 Å². The van der Waals surface area contributed by atoms with Crippen molar-refractivity contribution < 1.29 is 18.8 Å². The van der Waals surface area contributed by atoms with Gasteiger partial charge >= 0.3 is 7.12 Å². The average molecular weight is 345 g/mol. The van der Waals surface area contributed by atoms with Crippen LogP contribution in [0.1, 0.15) is 40.5 Å². The molecule has 0 unspecified atom stereocenters. The lowest BCUT2D eigenvalue weighted by Gasteiger charge is -2.38. The van der Waals surface area contributed by atoms with Gasteiger partial charge in [-0.25, -0.2) is 0 Å². The minimum atomic E-state index is -0.333. The monoisotopic (exact) mass is 345 g/mol. The Hall–Kier alpha value is -1.08. The molecule has 3 saturated heterocycles. The molecule has 0 saturated carbocycles. The zero-order valence-corrected chi connectivity index (χ0v) is 15.7. The van der Waals surface area contributed by atoms with E-state index in [1.807, 2.05) is 0 Å². The topological polar surface area (TPSA) is 40.2 Å². The molecule has 0 bridgehead atoms. The minimum absolute atomic E-state index is 0.317. The summed E-state index contributed by atoms with van der Waals surface area (Å²) in [6.45, 7) is 11.7. The smallest absolute Gasteiger partial charge is 0.399 e. The Morgan fingerprint density at radius 3 is 2.12 bits per heavy atom. The maximum atomic E-state index is 6.19. The molecule has 3 fully saturated rings. The molecule has 6 heteroatoms. The van der Waals surface area contributed by atoms with E-state index in [-0.39, 0.29) is 24.1 Å². The molecule has 0 atom stereocenters. The highest BCUT2D eigenvalue weighted by atomic mass is 16.7. The molecule has 1 aromatic rings. The number of ether oxygens (including phenoxy) is 2. The van der Waals surface area contributed by atoms with Crippen molar-refractivity contribution >= 4 is 18.3 Å². The molecule has 4 rings (SSSR count). The van der Waals surface area contributed by atoms with Gasteiger partial charge in [-0.05, 0) is 45.3 Å². The fraction of sp³-hybridized carbons (Fsp3) is 0.684. The Balaban J connectivity index is 1.47. The second-order valence-corrected chi connectivity index (χ2v) is 8.28. The first-order valence-corrected chi connectivity index (χ1v) is 9.29. The van der Waals surface area contributed by atoms with Crippen LogP contribution in [-0.4, -0.2) is 50.4 Å². The number of anilines is 1. The van der Waals surface area contributed by atoms with E-state index >= 15 is 0 Å². The number of piperidine rings is 1. The summed E-state index contributed by atoms with van der Waals surface area (Å²) in [6.07, 6.45) is 1.82. The summed E-state index contributed by atoms with van der Waals surface area (Å²) >= 11 is 0. The molecule has 0 radical (unpaired) electrons. The van der Waals surface area contributed by atoms with Gasteiger partial charge in [0.25, 0.3) is 0 Å². The highest BCUT2D eigenvalue weighted by Crippen LogP contribution is 2.37. The van der Waals surface area contributed by atoms with Crippen molar-refractivity contribution in [1.29, 1.82) is 0 Å². The summed E-state index contributed by atoms with van der Waals surface area (Å²) in [5, 5.41) is 0. The highest BCUT2D eigenvalue weighted by Gasteiger charge is 2.51. The van der Waals surface area contributed by atoms with Gasteiger partial charge in [0.1, 0.15) is 0 Å². The van der Waals surface area contributed by atoms with Crippen molar-refractivity contribution in [3.63, 3.8) is 0 Å². The molecule has 0 N–H and O–H groups in total. The van der Waals surface area contributed by atoms with E-state index < -0.39 is 0 Å². The summed E-state index contributed by atoms with van der Waals surface area (Å²) in [7, 11) is -0.317. The number of hydrogen-bond acceptors (Lipinski definition) is 5. The highest BCUT2D eigenvalue weighted by molar-refractivity contribution is 6.62. The standard InChI is InChI=1S/C19H28BNO4/c1-17(2)18(3,4)25-20(24-17)15-6-5-7-16(14-15)21-10-8-19(9-11-21)22-12-13-23-19/h5-7,14H,8-13H2,1-4H3. The van der Waals surface area contributed by atoms with Crippen LogP contribution in [0.15, 0.2) is 24.3 Å². The third kappa shape index (κ3) is 3.10. The molecule has 25 heavy (non-hydrogen) atoms. The first kappa shape index (κ1) is 17.3. The van der Waals surface area contributed by atoms with Crippen molar-refractivity contribution in [2.75, 3.05) is 31.2 Å². The lowest BCUT2D eigenvalue weighted by atomic mass is 9.79. The van der Waals surface area contributed by atoms with Gasteiger partial charge in [0.15, 0.2) is 5.79 Å². The van der Waals surface area contributed by atoms with E-state index in [1.165, 1.54) is 5.69 Å². The van der Waals surface area contributed by atoms with Gasteiger partial charge in [-0.3, -0.25) is 0 Å². The van der Waals surface area contributed by atoms with E-state index in [4.69, 9.17) is 18.8 Å². The largest absolute Gasteiger partial charge is 0.494 e. The summed E-state index contributed by atoms with van der Waals surface area (Å²) in [5.74, 6) is -0.333. The molecule has 136 valence electrons. The third-order valence-electron chi connectivity index (χ3n) is 6.10. The van der Waals surface area contributed by atoms with Gasteiger partial charge in [-0.15, -0.1) is 0 Å². The van der Waals surface area contributed by atoms with Crippen molar-refractivity contribution in [3.8, 4) is 0 Å². The van der Waals surface area contributed by atoms with E-state index in [2.05, 4.69) is 56.9 Å². The van der Waals surface area contributed by atoms with Gasteiger partial charge < -0.3 is 23.7 Å². The summed E-state index contributed by atoms with van der Waals surface area (Å²) in [6, 6.07) is 8.52. The number of hydrogen-bond donors (Lipinski definition) is 0. The summed E-state index contributed by atoms with van der Waals surface area (Å²) in [5.41, 5.74) is 1.65. The van der Waals surface area contributed by atoms with Crippen LogP contribution in [0, 0.1) is 0 Å². The van der Waals surface area contributed by atoms with Crippen LogP contribution in [0.5, 0.6) is 0 Å². The maximum absolute atomic E-state index is 6.19. The molecule has 3 aliphatic heterocycles. The quantitative estimate of drug-likeness (QED) is 0.770. The first-order valence-electron chi connectivity index (χ1n) is 9.29. The lowest BCUT2D eigenvalue weighted by Crippen LogP contribution is -2.45. The average Bonchev–Trinajstić information content (AvgIpc) is 3.11. The fourth-order valence-corrected chi connectivity index (χ4v) is 3.74. The van der Waals surface area contributed by atoms with E-state index in [0.29, 0.717) is 0 Å². The van der Waals surface area contributed by atoms with Crippen LogP contribution >= 0.6 is 0 Å². The van der Waals surface area contributed by atoms with Crippen LogP contribution in [0.4, 0.5) is 5.69 Å². The molecule has 3 aliphatic rings. The van der Waals surface area contributed by atoms with Gasteiger partial charge in [0.05, 0.1) is 24.4 Å². The molecular formula is C19H28BNO4. The fourth-order valence-electron chi connectivity index (χ4n) is 3.74. The number of rotatable bonds is 2. The predicted octanol–water partition coefficient (Wildman–Crippen LogP) is 2.33. The molecule has 5 nitrogen and oxygen atoms in total. The molecule has 1 spiro atoms. The van der Waals surface area contributed by atoms with Crippen LogP contribution < -0.4 is 10.4 Å². The zero-order valence-electron chi connectivity index (χ0n) is 15.7. The summed E-state index contributed by atoms with van der Waals surface area (Å²) in [4.78, 5) is 2.39. The predicted molar refractivity (Wildman–Crippen MR) is 98.2 cm³/mol. The van der Waals surface area contributed by atoms with Gasteiger partial charge in [0, 0.05) is 31.6 Å². The van der Waals surface area contributed by atoms with Crippen LogP contribution in [0.25, 0.3) is 0 Å². The Morgan fingerprint density at radius 2 is 1.52 bits per heavy atom. The Bertz CT molecular complexity index is 616. The molecule has 0 amide bonds. The SMILES string of the molecule is CC1(C)OB(c2cccc(N3CCC4(CC3)OCCO4)c2)OC1(C)C. The first-order chi connectivity index (χ1) is 11.8. The Kier molecular flexibility index (Phi) is 4.15. The van der Waals surface area contributed by atoms with Crippen molar-refractivity contribution in [2.45, 2.75) is 57.5 Å². The molecule has 1 aromatic carbocycles. The molecule has 0 aliphatic carbocycles. The van der Waals surface area contributed by atoms with Gasteiger partial charge in [-0.2, -0.15) is 0 Å². The normalized spacial score (nSPS) is 27.2. The third-order valence-corrected chi connectivity index (χ3v) is 6.10. The molecule has 3 heterocycles. The van der Waals surface area contributed by atoms with Crippen molar-refractivity contribution in [1.82, 2.24) is 0 Å². The van der Waals surface area contributed by atoms with Crippen LogP contribution in [0.3, 0.4) is 0 Å². The Labute approximate surface area is 150 Å². The molecular weight excluding hydrogens is 317 g/mol.